The highest BCUT2D eigenvalue weighted by atomic mass is 35.5. The minimum absolute atomic E-state index is 0.737. The molecular formula is C6H5Cl2NS. The van der Waals surface area contributed by atoms with E-state index in [2.05, 4.69) is 12.6 Å². The monoisotopic (exact) mass is 193 g/mol. The molecule has 0 aromatic heterocycles. The molecule has 0 heterocycles. The lowest BCUT2D eigenvalue weighted by atomic mass is 10.3. The Morgan fingerprint density at radius 2 is 1.60 bits per heavy atom. The Labute approximate surface area is 75.2 Å². The predicted molar refractivity (Wildman–Crippen MR) is 47.9 cm³/mol. The lowest BCUT2D eigenvalue weighted by molar-refractivity contribution is 1.45. The second-order valence-electron chi connectivity index (χ2n) is 1.75. The van der Waals surface area contributed by atoms with Gasteiger partial charge in [-0.3, -0.25) is 0 Å². The van der Waals surface area contributed by atoms with Crippen LogP contribution < -0.4 is 3.94 Å². The maximum atomic E-state index is 5.43. The van der Waals surface area contributed by atoms with E-state index in [9.17, 15) is 0 Å². The number of thiol groups is 1. The van der Waals surface area contributed by atoms with Gasteiger partial charge in [-0.05, 0) is 24.3 Å². The molecule has 1 aromatic rings. The maximum absolute atomic E-state index is 5.43. The van der Waals surface area contributed by atoms with Gasteiger partial charge in [-0.2, -0.15) is 3.94 Å². The van der Waals surface area contributed by atoms with E-state index < -0.39 is 0 Å². The molecule has 0 fully saturated rings. The van der Waals surface area contributed by atoms with Crippen molar-refractivity contribution < 1.29 is 0 Å². The van der Waals surface area contributed by atoms with Crippen LogP contribution in [0.5, 0.6) is 0 Å². The Morgan fingerprint density at radius 3 is 2.00 bits per heavy atom. The summed E-state index contributed by atoms with van der Waals surface area (Å²) in [6, 6.07) is 7.19. The molecule has 1 aromatic carbocycles. The van der Waals surface area contributed by atoms with Gasteiger partial charge in [-0.15, -0.1) is 12.6 Å². The Balaban J connectivity index is 2.89. The third-order valence-corrected chi connectivity index (χ3v) is 1.73. The van der Waals surface area contributed by atoms with Crippen LogP contribution in [0.15, 0.2) is 29.2 Å². The minimum atomic E-state index is 0.737. The van der Waals surface area contributed by atoms with Crippen LogP contribution in [0.25, 0.3) is 0 Å². The zero-order chi connectivity index (χ0) is 7.56. The van der Waals surface area contributed by atoms with Crippen LogP contribution in [0.2, 0.25) is 0 Å². The fraction of sp³-hybridized carbons (Fsp3) is 0. The Hall–Kier alpha value is -0.0500. The van der Waals surface area contributed by atoms with Gasteiger partial charge in [0.2, 0.25) is 0 Å². The Kier molecular flexibility index (Phi) is 2.72. The first-order valence-corrected chi connectivity index (χ1v) is 3.73. The van der Waals surface area contributed by atoms with Crippen LogP contribution in [0.1, 0.15) is 0 Å². The highest BCUT2D eigenvalue weighted by Crippen LogP contribution is 2.19. The molecule has 0 unspecified atom stereocenters. The molecule has 0 saturated heterocycles. The van der Waals surface area contributed by atoms with Crippen LogP contribution >= 0.6 is 36.2 Å². The zero-order valence-electron chi connectivity index (χ0n) is 4.96. The molecule has 54 valence electrons. The summed E-state index contributed by atoms with van der Waals surface area (Å²) >= 11 is 15.0. The van der Waals surface area contributed by atoms with Crippen molar-refractivity contribution in [3.8, 4) is 0 Å². The number of anilines is 1. The van der Waals surface area contributed by atoms with Gasteiger partial charge in [0.15, 0.2) is 0 Å². The molecule has 0 bridgehead atoms. The largest absolute Gasteiger partial charge is 0.194 e. The molecule has 0 radical (unpaired) electrons. The van der Waals surface area contributed by atoms with E-state index in [0.717, 1.165) is 14.5 Å². The van der Waals surface area contributed by atoms with Crippen molar-refractivity contribution in [1.29, 1.82) is 0 Å². The van der Waals surface area contributed by atoms with Crippen molar-refractivity contribution in [3.05, 3.63) is 24.3 Å². The maximum Gasteiger partial charge on any atom is 0.0710 e. The standard InChI is InChI=1S/C6H5Cl2NS/c7-9(8)5-1-3-6(10)4-2-5/h1-4,10H. The van der Waals surface area contributed by atoms with Crippen LogP contribution in [-0.4, -0.2) is 0 Å². The van der Waals surface area contributed by atoms with Gasteiger partial charge in [-0.25, -0.2) is 0 Å². The molecule has 1 rings (SSSR count). The highest BCUT2D eigenvalue weighted by molar-refractivity contribution is 7.80. The van der Waals surface area contributed by atoms with E-state index in [-0.39, 0.29) is 0 Å². The average Bonchev–Trinajstić information content (AvgIpc) is 1.88. The lowest BCUT2D eigenvalue weighted by Crippen LogP contribution is -1.89. The molecule has 10 heavy (non-hydrogen) atoms. The first-order chi connectivity index (χ1) is 4.70. The fourth-order valence-corrected chi connectivity index (χ4v) is 0.940. The summed E-state index contributed by atoms with van der Waals surface area (Å²) in [4.78, 5) is 0.888. The molecule has 1 nitrogen and oxygen atoms in total. The number of hydrogen-bond acceptors (Lipinski definition) is 2. The average molecular weight is 194 g/mol. The second kappa shape index (κ2) is 3.37. The van der Waals surface area contributed by atoms with Crippen molar-refractivity contribution in [2.24, 2.45) is 0 Å². The Morgan fingerprint density at radius 1 is 1.10 bits per heavy atom. The van der Waals surface area contributed by atoms with E-state index >= 15 is 0 Å². The van der Waals surface area contributed by atoms with E-state index in [1.165, 1.54) is 0 Å². The summed E-state index contributed by atoms with van der Waals surface area (Å²) in [5.41, 5.74) is 0.737. The molecule has 4 heteroatoms. The van der Waals surface area contributed by atoms with Crippen molar-refractivity contribution in [2.45, 2.75) is 4.90 Å². The van der Waals surface area contributed by atoms with Gasteiger partial charge in [0.1, 0.15) is 0 Å². The molecule has 0 atom stereocenters. The smallest absolute Gasteiger partial charge is 0.0710 e. The van der Waals surface area contributed by atoms with Gasteiger partial charge in [0.05, 0.1) is 5.69 Å². The first kappa shape index (κ1) is 8.05. The minimum Gasteiger partial charge on any atom is -0.194 e. The number of hydrogen-bond donors (Lipinski definition) is 1. The number of rotatable bonds is 1. The first-order valence-electron chi connectivity index (χ1n) is 2.61. The summed E-state index contributed by atoms with van der Waals surface area (Å²) < 4.78 is 1.01. The second-order valence-corrected chi connectivity index (χ2v) is 3.11. The molecule has 0 amide bonds. The molecule has 0 aliphatic rings. The topological polar surface area (TPSA) is 3.24 Å². The number of nitrogens with zero attached hydrogens (tertiary/aromatic N) is 1. The van der Waals surface area contributed by atoms with E-state index in [1.54, 1.807) is 12.1 Å². The molecule has 0 aliphatic heterocycles. The quantitative estimate of drug-likeness (QED) is 0.531. The Bertz CT molecular complexity index is 209. The lowest BCUT2D eigenvalue weighted by Gasteiger charge is -2.03. The van der Waals surface area contributed by atoms with Crippen LogP contribution in [0.3, 0.4) is 0 Å². The van der Waals surface area contributed by atoms with E-state index in [1.807, 2.05) is 12.1 Å². The summed E-state index contributed by atoms with van der Waals surface area (Å²) in [6.45, 7) is 0. The fourth-order valence-electron chi connectivity index (χ4n) is 0.565. The SMILES string of the molecule is Sc1ccc(N(Cl)Cl)cc1. The van der Waals surface area contributed by atoms with Crippen LogP contribution in [0.4, 0.5) is 5.69 Å². The van der Waals surface area contributed by atoms with Gasteiger partial charge < -0.3 is 0 Å². The zero-order valence-corrected chi connectivity index (χ0v) is 7.37. The normalized spacial score (nSPS) is 9.50. The van der Waals surface area contributed by atoms with Crippen molar-refractivity contribution in [2.75, 3.05) is 3.94 Å². The van der Waals surface area contributed by atoms with Crippen LogP contribution in [-0.2, 0) is 0 Å². The third kappa shape index (κ3) is 1.97. The van der Waals surface area contributed by atoms with E-state index in [4.69, 9.17) is 23.6 Å². The summed E-state index contributed by atoms with van der Waals surface area (Å²) in [5.74, 6) is 0. The molecule has 0 saturated carbocycles. The third-order valence-electron chi connectivity index (χ3n) is 1.04. The molecular weight excluding hydrogens is 189 g/mol. The summed E-state index contributed by atoms with van der Waals surface area (Å²) in [5, 5.41) is 0. The van der Waals surface area contributed by atoms with Gasteiger partial charge in [0, 0.05) is 28.4 Å². The van der Waals surface area contributed by atoms with E-state index in [0.29, 0.717) is 0 Å². The molecule has 0 spiro atoms. The van der Waals surface area contributed by atoms with Crippen molar-refractivity contribution >= 4 is 41.9 Å². The summed E-state index contributed by atoms with van der Waals surface area (Å²) in [6.07, 6.45) is 0. The number of benzene rings is 1. The molecule has 0 N–H and O–H groups in total. The molecule has 0 aliphatic carbocycles. The van der Waals surface area contributed by atoms with Gasteiger partial charge >= 0.3 is 0 Å². The predicted octanol–water partition coefficient (Wildman–Crippen LogP) is 3.09. The van der Waals surface area contributed by atoms with Gasteiger partial charge in [-0.1, -0.05) is 0 Å². The number of halogens is 2. The summed E-state index contributed by atoms with van der Waals surface area (Å²) in [7, 11) is 0. The van der Waals surface area contributed by atoms with Crippen LogP contribution in [0, 0.1) is 0 Å². The van der Waals surface area contributed by atoms with Gasteiger partial charge in [0.25, 0.3) is 0 Å². The highest BCUT2D eigenvalue weighted by Gasteiger charge is 1.96. The van der Waals surface area contributed by atoms with Crippen molar-refractivity contribution in [3.63, 3.8) is 0 Å². The van der Waals surface area contributed by atoms with Crippen molar-refractivity contribution in [1.82, 2.24) is 0 Å².